The molecule has 1 aliphatic rings. The van der Waals surface area contributed by atoms with Crippen molar-refractivity contribution in [3.8, 4) is 0 Å². The number of rotatable bonds is 6. The highest BCUT2D eigenvalue weighted by atomic mass is 33.1. The maximum Gasteiger partial charge on any atom is 0.351 e. The highest BCUT2D eigenvalue weighted by molar-refractivity contribution is 8.77. The lowest BCUT2D eigenvalue weighted by Crippen LogP contribution is -2.34. The Kier molecular flexibility index (Phi) is 5.94. The summed E-state index contributed by atoms with van der Waals surface area (Å²) < 4.78 is 6.93. The molecule has 0 spiro atoms. The molecule has 1 aromatic heterocycles. The van der Waals surface area contributed by atoms with Gasteiger partial charge in [0.25, 0.3) is 0 Å². The van der Waals surface area contributed by atoms with Crippen LogP contribution in [0.5, 0.6) is 0 Å². The zero-order valence-corrected chi connectivity index (χ0v) is 13.2. The van der Waals surface area contributed by atoms with E-state index in [0.717, 1.165) is 12.2 Å². The predicted molar refractivity (Wildman–Crippen MR) is 84.0 cm³/mol. The van der Waals surface area contributed by atoms with E-state index >= 15 is 0 Å². The van der Waals surface area contributed by atoms with Gasteiger partial charge in [-0.25, -0.2) is 4.79 Å². The summed E-state index contributed by atoms with van der Waals surface area (Å²) in [6.07, 6.45) is 0.281. The number of aliphatic hydroxyl groups is 2. The molecule has 9 heteroatoms. The highest BCUT2D eigenvalue weighted by Crippen LogP contribution is 2.42. The van der Waals surface area contributed by atoms with Gasteiger partial charge in [0.05, 0.1) is 18.0 Å². The zero-order chi connectivity index (χ0) is 15.4. The molecule has 0 saturated carbocycles. The summed E-state index contributed by atoms with van der Waals surface area (Å²) >= 11 is 0. The second-order valence-corrected chi connectivity index (χ2v) is 7.33. The molecule has 4 N–H and O–H groups in total. The Labute approximate surface area is 130 Å². The van der Waals surface area contributed by atoms with Crippen LogP contribution in [0.4, 0.5) is 5.82 Å². The number of anilines is 1. The van der Waals surface area contributed by atoms with Crippen LogP contribution in [0.1, 0.15) is 19.6 Å². The SMILES string of the molecule is CCCSSC1[C@@H](O)[C@@H](CO)O[C@H]1n1ccc(N)nc1=O. The quantitative estimate of drug-likeness (QED) is 0.501. The van der Waals surface area contributed by atoms with Crippen molar-refractivity contribution in [1.29, 1.82) is 0 Å². The van der Waals surface area contributed by atoms with E-state index in [9.17, 15) is 15.0 Å². The fourth-order valence-corrected chi connectivity index (χ4v) is 4.91. The van der Waals surface area contributed by atoms with E-state index in [4.69, 9.17) is 10.5 Å². The Balaban J connectivity index is 2.23. The molecule has 118 valence electrons. The van der Waals surface area contributed by atoms with E-state index in [-0.39, 0.29) is 17.7 Å². The molecule has 1 unspecified atom stereocenters. The van der Waals surface area contributed by atoms with Crippen molar-refractivity contribution < 1.29 is 14.9 Å². The van der Waals surface area contributed by atoms with E-state index < -0.39 is 24.1 Å². The minimum absolute atomic E-state index is 0.137. The smallest absolute Gasteiger partial charge is 0.351 e. The van der Waals surface area contributed by atoms with Crippen molar-refractivity contribution in [1.82, 2.24) is 9.55 Å². The van der Waals surface area contributed by atoms with Gasteiger partial charge in [0, 0.05) is 11.9 Å². The fraction of sp³-hybridized carbons (Fsp3) is 0.667. The van der Waals surface area contributed by atoms with E-state index in [1.54, 1.807) is 10.8 Å². The fourth-order valence-electron chi connectivity index (χ4n) is 2.03. The van der Waals surface area contributed by atoms with E-state index in [0.29, 0.717) is 0 Å². The van der Waals surface area contributed by atoms with Gasteiger partial charge in [-0.3, -0.25) is 4.57 Å². The van der Waals surface area contributed by atoms with Gasteiger partial charge >= 0.3 is 5.69 Å². The maximum absolute atomic E-state index is 11.9. The van der Waals surface area contributed by atoms with Crippen LogP contribution in [0, 0.1) is 0 Å². The largest absolute Gasteiger partial charge is 0.394 e. The third kappa shape index (κ3) is 3.72. The second-order valence-electron chi connectivity index (χ2n) is 4.66. The summed E-state index contributed by atoms with van der Waals surface area (Å²) in [4.78, 5) is 15.6. The number of aliphatic hydroxyl groups excluding tert-OH is 2. The average Bonchev–Trinajstić information content (AvgIpc) is 2.76. The molecule has 1 aliphatic heterocycles. The lowest BCUT2D eigenvalue weighted by Gasteiger charge is -2.20. The average molecular weight is 333 g/mol. The van der Waals surface area contributed by atoms with Crippen molar-refractivity contribution in [3.05, 3.63) is 22.7 Å². The molecule has 0 bridgehead atoms. The van der Waals surface area contributed by atoms with Crippen molar-refractivity contribution in [2.24, 2.45) is 0 Å². The van der Waals surface area contributed by atoms with Crippen LogP contribution in [-0.2, 0) is 4.74 Å². The number of ether oxygens (including phenoxy) is 1. The van der Waals surface area contributed by atoms with Crippen LogP contribution in [0.2, 0.25) is 0 Å². The van der Waals surface area contributed by atoms with Crippen LogP contribution >= 0.6 is 21.6 Å². The molecule has 1 saturated heterocycles. The first kappa shape index (κ1) is 16.6. The molecule has 7 nitrogen and oxygen atoms in total. The van der Waals surface area contributed by atoms with Gasteiger partial charge in [-0.1, -0.05) is 28.5 Å². The lowest BCUT2D eigenvalue weighted by molar-refractivity contribution is -0.0456. The Hall–Kier alpha value is -0.740. The van der Waals surface area contributed by atoms with Crippen LogP contribution < -0.4 is 11.4 Å². The second kappa shape index (κ2) is 7.50. The Morgan fingerprint density at radius 3 is 2.95 bits per heavy atom. The minimum Gasteiger partial charge on any atom is -0.394 e. The third-order valence-corrected chi connectivity index (χ3v) is 6.10. The van der Waals surface area contributed by atoms with Gasteiger partial charge in [0.1, 0.15) is 11.9 Å². The van der Waals surface area contributed by atoms with Gasteiger partial charge in [0.2, 0.25) is 0 Å². The standard InChI is InChI=1S/C12H19N3O4S2/c1-2-5-20-21-10-9(17)7(6-16)19-11(10)15-4-3-8(13)14-12(15)18/h3-4,7,9-11,16-17H,2,5-6H2,1H3,(H2,13,14,18)/t7-,9+,10?,11-/m1/s1. The molecular weight excluding hydrogens is 314 g/mol. The molecule has 21 heavy (non-hydrogen) atoms. The Bertz CT molecular complexity index is 527. The van der Waals surface area contributed by atoms with Crippen molar-refractivity contribution >= 4 is 27.4 Å². The van der Waals surface area contributed by atoms with E-state index in [2.05, 4.69) is 11.9 Å². The molecule has 0 aromatic carbocycles. The minimum atomic E-state index is -0.848. The Morgan fingerprint density at radius 1 is 1.57 bits per heavy atom. The van der Waals surface area contributed by atoms with Crippen molar-refractivity contribution in [2.75, 3.05) is 18.1 Å². The van der Waals surface area contributed by atoms with Gasteiger partial charge in [0.15, 0.2) is 6.23 Å². The number of hydrogen-bond donors (Lipinski definition) is 3. The van der Waals surface area contributed by atoms with Crippen LogP contribution in [-0.4, -0.2) is 49.6 Å². The predicted octanol–water partition coefficient (Wildman–Crippen LogP) is 0.236. The zero-order valence-electron chi connectivity index (χ0n) is 11.6. The molecule has 0 amide bonds. The molecule has 2 rings (SSSR count). The molecule has 0 radical (unpaired) electrons. The van der Waals surface area contributed by atoms with Gasteiger partial charge in [-0.15, -0.1) is 0 Å². The number of nitrogens with two attached hydrogens (primary N) is 1. The van der Waals surface area contributed by atoms with Crippen LogP contribution in [0.25, 0.3) is 0 Å². The molecule has 0 aliphatic carbocycles. The van der Waals surface area contributed by atoms with Crippen LogP contribution in [0.15, 0.2) is 17.1 Å². The molecule has 1 fully saturated rings. The first-order valence-corrected chi connectivity index (χ1v) is 9.04. The molecule has 4 atom stereocenters. The summed E-state index contributed by atoms with van der Waals surface area (Å²) in [5.41, 5.74) is 4.95. The van der Waals surface area contributed by atoms with E-state index in [1.807, 2.05) is 0 Å². The number of nitrogens with zero attached hydrogens (tertiary/aromatic N) is 2. The summed E-state index contributed by atoms with van der Waals surface area (Å²) in [7, 11) is 3.07. The first-order chi connectivity index (χ1) is 10.1. The summed E-state index contributed by atoms with van der Waals surface area (Å²) in [6.45, 7) is 1.77. The highest BCUT2D eigenvalue weighted by Gasteiger charge is 2.45. The van der Waals surface area contributed by atoms with Crippen LogP contribution in [0.3, 0.4) is 0 Å². The van der Waals surface area contributed by atoms with Gasteiger partial charge in [-0.05, 0) is 12.5 Å². The molecular formula is C12H19N3O4S2. The van der Waals surface area contributed by atoms with Gasteiger partial charge in [-0.2, -0.15) is 4.98 Å². The maximum atomic E-state index is 11.9. The molecule has 2 heterocycles. The molecule has 1 aromatic rings. The Morgan fingerprint density at radius 2 is 2.33 bits per heavy atom. The van der Waals surface area contributed by atoms with Crippen molar-refractivity contribution in [2.45, 2.75) is 37.0 Å². The summed E-state index contributed by atoms with van der Waals surface area (Å²) in [6, 6.07) is 1.50. The lowest BCUT2D eigenvalue weighted by atomic mass is 10.2. The number of nitrogen functional groups attached to an aromatic ring is 1. The third-order valence-electron chi connectivity index (χ3n) is 3.09. The first-order valence-electron chi connectivity index (χ1n) is 6.65. The topological polar surface area (TPSA) is 111 Å². The van der Waals surface area contributed by atoms with E-state index in [1.165, 1.54) is 27.6 Å². The monoisotopic (exact) mass is 333 g/mol. The van der Waals surface area contributed by atoms with Gasteiger partial charge < -0.3 is 20.7 Å². The summed E-state index contributed by atoms with van der Waals surface area (Å²) in [5, 5.41) is 19.2. The summed E-state index contributed by atoms with van der Waals surface area (Å²) in [5.74, 6) is 1.07. The van der Waals surface area contributed by atoms with Crippen molar-refractivity contribution in [3.63, 3.8) is 0 Å². The normalized spacial score (nSPS) is 28.9. The number of hydrogen-bond acceptors (Lipinski definition) is 8. The number of aromatic nitrogens is 2.